The van der Waals surface area contributed by atoms with Gasteiger partial charge in [-0.05, 0) is 12.8 Å². The summed E-state index contributed by atoms with van der Waals surface area (Å²) in [4.78, 5) is 19.4. The first kappa shape index (κ1) is 11.7. The van der Waals surface area contributed by atoms with E-state index in [-0.39, 0.29) is 5.56 Å². The Morgan fingerprint density at radius 1 is 1.22 bits per heavy atom. The zero-order chi connectivity index (χ0) is 12.4. The SMILES string of the molecule is O=c1[nH]c(NC2CCCCC2)nc2c1CNCC2. The van der Waals surface area contributed by atoms with Crippen molar-refractivity contribution in [2.24, 2.45) is 0 Å². The number of nitrogens with one attached hydrogen (secondary N) is 3. The minimum absolute atomic E-state index is 0.00510. The highest BCUT2D eigenvalue weighted by Gasteiger charge is 2.17. The van der Waals surface area contributed by atoms with E-state index in [9.17, 15) is 4.79 Å². The first-order valence-electron chi connectivity index (χ1n) is 6.92. The molecule has 18 heavy (non-hydrogen) atoms. The summed E-state index contributed by atoms with van der Waals surface area (Å²) >= 11 is 0. The third kappa shape index (κ3) is 2.41. The van der Waals surface area contributed by atoms with Crippen LogP contribution in [0.15, 0.2) is 4.79 Å². The highest BCUT2D eigenvalue weighted by Crippen LogP contribution is 2.20. The van der Waals surface area contributed by atoms with E-state index in [1.54, 1.807) is 0 Å². The Bertz CT molecular complexity index is 476. The summed E-state index contributed by atoms with van der Waals surface area (Å²) in [5.74, 6) is 0.660. The summed E-state index contributed by atoms with van der Waals surface area (Å²) in [5.41, 5.74) is 1.76. The zero-order valence-corrected chi connectivity index (χ0v) is 10.6. The molecule has 1 saturated carbocycles. The molecule has 0 amide bonds. The fourth-order valence-corrected chi connectivity index (χ4v) is 2.86. The first-order chi connectivity index (χ1) is 8.83. The van der Waals surface area contributed by atoms with Crippen LogP contribution in [0.2, 0.25) is 0 Å². The minimum atomic E-state index is 0.00510. The molecule has 1 fully saturated rings. The molecule has 0 unspecified atom stereocenters. The van der Waals surface area contributed by atoms with Crippen LogP contribution in [0.4, 0.5) is 5.95 Å². The number of aromatic nitrogens is 2. The maximum Gasteiger partial charge on any atom is 0.257 e. The average Bonchev–Trinajstić information content (AvgIpc) is 2.40. The molecule has 98 valence electrons. The summed E-state index contributed by atoms with van der Waals surface area (Å²) in [7, 11) is 0. The summed E-state index contributed by atoms with van der Waals surface area (Å²) in [5, 5.41) is 6.59. The molecule has 3 N–H and O–H groups in total. The quantitative estimate of drug-likeness (QED) is 0.734. The van der Waals surface area contributed by atoms with Crippen molar-refractivity contribution in [3.05, 3.63) is 21.6 Å². The van der Waals surface area contributed by atoms with E-state index in [0.717, 1.165) is 24.2 Å². The fourth-order valence-electron chi connectivity index (χ4n) is 2.86. The normalized spacial score (nSPS) is 20.4. The maximum atomic E-state index is 12.0. The molecule has 2 heterocycles. The number of fused-ring (bicyclic) bond motifs is 1. The standard InChI is InChI=1S/C13H20N4O/c18-12-10-8-14-7-6-11(10)16-13(17-12)15-9-4-2-1-3-5-9/h9,14H,1-8H2,(H2,15,16,17,18). The van der Waals surface area contributed by atoms with Crippen LogP contribution >= 0.6 is 0 Å². The molecule has 5 nitrogen and oxygen atoms in total. The minimum Gasteiger partial charge on any atom is -0.353 e. The Hall–Kier alpha value is -1.36. The molecule has 0 saturated heterocycles. The number of anilines is 1. The molecule has 0 bridgehead atoms. The van der Waals surface area contributed by atoms with E-state index < -0.39 is 0 Å². The Balaban J connectivity index is 1.80. The van der Waals surface area contributed by atoms with Gasteiger partial charge in [0.1, 0.15) is 0 Å². The topological polar surface area (TPSA) is 69.8 Å². The largest absolute Gasteiger partial charge is 0.353 e. The van der Waals surface area contributed by atoms with Gasteiger partial charge in [-0.15, -0.1) is 0 Å². The van der Waals surface area contributed by atoms with Crippen LogP contribution in [-0.4, -0.2) is 22.6 Å². The first-order valence-corrected chi connectivity index (χ1v) is 6.92. The van der Waals surface area contributed by atoms with Gasteiger partial charge in [0.05, 0.1) is 11.3 Å². The van der Waals surface area contributed by atoms with E-state index in [0.29, 0.717) is 18.5 Å². The van der Waals surface area contributed by atoms with Crippen molar-refractivity contribution in [2.75, 3.05) is 11.9 Å². The van der Waals surface area contributed by atoms with Crippen LogP contribution in [0.3, 0.4) is 0 Å². The molecule has 1 aliphatic heterocycles. The lowest BCUT2D eigenvalue weighted by molar-refractivity contribution is 0.460. The van der Waals surface area contributed by atoms with Gasteiger partial charge < -0.3 is 10.6 Å². The van der Waals surface area contributed by atoms with Crippen molar-refractivity contribution in [1.82, 2.24) is 15.3 Å². The van der Waals surface area contributed by atoms with Gasteiger partial charge in [-0.25, -0.2) is 4.98 Å². The molecule has 0 spiro atoms. The Morgan fingerprint density at radius 3 is 2.89 bits per heavy atom. The van der Waals surface area contributed by atoms with Gasteiger partial charge in [-0.3, -0.25) is 9.78 Å². The van der Waals surface area contributed by atoms with E-state index in [4.69, 9.17) is 0 Å². The molecular weight excluding hydrogens is 228 g/mol. The molecule has 0 aromatic carbocycles. The van der Waals surface area contributed by atoms with E-state index in [1.807, 2.05) is 0 Å². The lowest BCUT2D eigenvalue weighted by Crippen LogP contribution is -2.33. The van der Waals surface area contributed by atoms with Crippen molar-refractivity contribution in [2.45, 2.75) is 51.1 Å². The second-order valence-corrected chi connectivity index (χ2v) is 5.25. The Labute approximate surface area is 106 Å². The van der Waals surface area contributed by atoms with Crippen LogP contribution in [0.5, 0.6) is 0 Å². The average molecular weight is 248 g/mol. The van der Waals surface area contributed by atoms with Crippen molar-refractivity contribution in [3.8, 4) is 0 Å². The molecule has 1 aliphatic carbocycles. The molecule has 5 heteroatoms. The van der Waals surface area contributed by atoms with Gasteiger partial charge in [-0.1, -0.05) is 19.3 Å². The highest BCUT2D eigenvalue weighted by atomic mass is 16.1. The van der Waals surface area contributed by atoms with E-state index in [1.165, 1.54) is 32.1 Å². The predicted octanol–water partition coefficient (Wildman–Crippen LogP) is 1.16. The van der Waals surface area contributed by atoms with Crippen LogP contribution < -0.4 is 16.2 Å². The third-order valence-corrected chi connectivity index (χ3v) is 3.89. The van der Waals surface area contributed by atoms with Gasteiger partial charge in [0.25, 0.3) is 5.56 Å². The molecule has 1 aromatic rings. The summed E-state index contributed by atoms with van der Waals surface area (Å²) in [6.45, 7) is 1.55. The van der Waals surface area contributed by atoms with Crippen molar-refractivity contribution in [1.29, 1.82) is 0 Å². The van der Waals surface area contributed by atoms with Gasteiger partial charge in [0, 0.05) is 25.6 Å². The smallest absolute Gasteiger partial charge is 0.257 e. The number of aromatic amines is 1. The lowest BCUT2D eigenvalue weighted by Gasteiger charge is -2.24. The number of hydrogen-bond donors (Lipinski definition) is 3. The van der Waals surface area contributed by atoms with Crippen LogP contribution in [0, 0.1) is 0 Å². The summed E-state index contributed by atoms with van der Waals surface area (Å²) < 4.78 is 0. The third-order valence-electron chi connectivity index (χ3n) is 3.89. The van der Waals surface area contributed by atoms with Gasteiger partial charge in [0.2, 0.25) is 5.95 Å². The number of nitrogens with zero attached hydrogens (tertiary/aromatic N) is 1. The number of H-pyrrole nitrogens is 1. The molecule has 2 aliphatic rings. The monoisotopic (exact) mass is 248 g/mol. The molecule has 3 rings (SSSR count). The van der Waals surface area contributed by atoms with Gasteiger partial charge >= 0.3 is 0 Å². The van der Waals surface area contributed by atoms with E-state index in [2.05, 4.69) is 20.6 Å². The second-order valence-electron chi connectivity index (χ2n) is 5.25. The van der Waals surface area contributed by atoms with Gasteiger partial charge in [0.15, 0.2) is 0 Å². The van der Waals surface area contributed by atoms with Crippen molar-refractivity contribution >= 4 is 5.95 Å². The van der Waals surface area contributed by atoms with Crippen molar-refractivity contribution in [3.63, 3.8) is 0 Å². The van der Waals surface area contributed by atoms with E-state index >= 15 is 0 Å². The maximum absolute atomic E-state index is 12.0. The molecule has 0 radical (unpaired) electrons. The second kappa shape index (κ2) is 5.10. The molecular formula is C13H20N4O. The molecule has 1 aromatic heterocycles. The fraction of sp³-hybridized carbons (Fsp3) is 0.692. The summed E-state index contributed by atoms with van der Waals surface area (Å²) in [6, 6.07) is 0.474. The van der Waals surface area contributed by atoms with Gasteiger partial charge in [-0.2, -0.15) is 0 Å². The number of rotatable bonds is 2. The Kier molecular flexibility index (Phi) is 3.32. The lowest BCUT2D eigenvalue weighted by atomic mass is 9.96. The summed E-state index contributed by atoms with van der Waals surface area (Å²) in [6.07, 6.45) is 7.09. The number of hydrogen-bond acceptors (Lipinski definition) is 4. The Morgan fingerprint density at radius 2 is 2.06 bits per heavy atom. The van der Waals surface area contributed by atoms with Crippen LogP contribution in [0.25, 0.3) is 0 Å². The predicted molar refractivity (Wildman–Crippen MR) is 70.8 cm³/mol. The highest BCUT2D eigenvalue weighted by molar-refractivity contribution is 5.32. The van der Waals surface area contributed by atoms with Crippen LogP contribution in [0.1, 0.15) is 43.4 Å². The zero-order valence-electron chi connectivity index (χ0n) is 10.6. The molecule has 0 atom stereocenters. The van der Waals surface area contributed by atoms with Crippen molar-refractivity contribution < 1.29 is 0 Å². The van der Waals surface area contributed by atoms with Crippen LogP contribution in [-0.2, 0) is 13.0 Å².